The number of benzene rings is 1. The highest BCUT2D eigenvalue weighted by molar-refractivity contribution is 6.04. The summed E-state index contributed by atoms with van der Waals surface area (Å²) in [7, 11) is 1.39. The predicted octanol–water partition coefficient (Wildman–Crippen LogP) is 2.37. The molecule has 0 radical (unpaired) electrons. The number of nitrogens with one attached hydrogen (secondary N) is 1. The van der Waals surface area contributed by atoms with E-state index < -0.39 is 29.4 Å². The average molecular weight is 314 g/mol. The molecule has 1 amide bonds. The first-order valence-electron chi connectivity index (χ1n) is 6.07. The lowest BCUT2D eigenvalue weighted by Crippen LogP contribution is -2.55. The van der Waals surface area contributed by atoms with Crippen molar-refractivity contribution >= 4 is 11.5 Å². The number of hydrogen-bond donors (Lipinski definition) is 1. The van der Waals surface area contributed by atoms with Gasteiger partial charge in [0.05, 0.1) is 7.11 Å². The minimum atomic E-state index is -4.79. The fraction of sp³-hybridized carbons (Fsp3) is 0.286. The number of nitrogens with zero attached hydrogens (tertiary/aromatic N) is 1. The topological polar surface area (TPSA) is 62.1 Å². The van der Waals surface area contributed by atoms with Crippen LogP contribution in [-0.4, -0.2) is 30.9 Å². The van der Waals surface area contributed by atoms with Crippen molar-refractivity contribution in [1.29, 1.82) is 5.26 Å². The molecule has 0 saturated carbocycles. The summed E-state index contributed by atoms with van der Waals surface area (Å²) in [6, 6.07) is 4.13. The molecule has 2 rings (SSSR count). The zero-order chi connectivity index (χ0) is 16.5. The first-order chi connectivity index (χ1) is 10.2. The SMILES string of the molecule is COc1ccc(C2=C[C@H](C(F)(F)F)NC(=O)C2(F)C#N)cc1. The molecule has 1 unspecified atom stereocenters. The van der Waals surface area contributed by atoms with E-state index in [1.54, 1.807) is 0 Å². The van der Waals surface area contributed by atoms with E-state index in [1.165, 1.54) is 36.7 Å². The van der Waals surface area contributed by atoms with Gasteiger partial charge in [-0.05, 0) is 23.8 Å². The molecule has 1 N–H and O–H groups in total. The number of carbonyl (C=O) groups excluding carboxylic acids is 1. The summed E-state index contributed by atoms with van der Waals surface area (Å²) in [5, 5.41) is 10.4. The summed E-state index contributed by atoms with van der Waals surface area (Å²) >= 11 is 0. The zero-order valence-electron chi connectivity index (χ0n) is 11.2. The van der Waals surface area contributed by atoms with Crippen molar-refractivity contribution in [1.82, 2.24) is 5.32 Å². The van der Waals surface area contributed by atoms with Gasteiger partial charge >= 0.3 is 6.18 Å². The van der Waals surface area contributed by atoms with Crippen LogP contribution in [0.4, 0.5) is 17.6 Å². The Balaban J connectivity index is 2.56. The predicted molar refractivity (Wildman–Crippen MR) is 68.4 cm³/mol. The summed E-state index contributed by atoms with van der Waals surface area (Å²) in [6.45, 7) is 0. The van der Waals surface area contributed by atoms with Crippen LogP contribution in [0, 0.1) is 11.3 Å². The number of nitriles is 1. The first kappa shape index (κ1) is 15.8. The monoisotopic (exact) mass is 314 g/mol. The van der Waals surface area contributed by atoms with Crippen molar-refractivity contribution in [3.05, 3.63) is 35.9 Å². The Morgan fingerprint density at radius 1 is 1.32 bits per heavy atom. The fourth-order valence-electron chi connectivity index (χ4n) is 2.04. The lowest BCUT2D eigenvalue weighted by Gasteiger charge is -2.30. The minimum Gasteiger partial charge on any atom is -0.497 e. The summed E-state index contributed by atoms with van der Waals surface area (Å²) in [6.07, 6.45) is -4.28. The summed E-state index contributed by atoms with van der Waals surface area (Å²) in [4.78, 5) is 11.6. The van der Waals surface area contributed by atoms with Crippen LogP contribution in [0.25, 0.3) is 5.57 Å². The maximum absolute atomic E-state index is 14.5. The Bertz CT molecular complexity index is 661. The van der Waals surface area contributed by atoms with Crippen molar-refractivity contribution < 1.29 is 27.1 Å². The summed E-state index contributed by atoms with van der Waals surface area (Å²) in [5.41, 5.74) is -3.83. The molecule has 0 fully saturated rings. The van der Waals surface area contributed by atoms with Crippen LogP contribution < -0.4 is 10.1 Å². The number of alkyl halides is 4. The van der Waals surface area contributed by atoms with Crippen LogP contribution >= 0.6 is 0 Å². The third-order valence-electron chi connectivity index (χ3n) is 3.21. The van der Waals surface area contributed by atoms with Crippen molar-refractivity contribution in [2.24, 2.45) is 0 Å². The molecule has 116 valence electrons. The van der Waals surface area contributed by atoms with Crippen LogP contribution in [0.1, 0.15) is 5.56 Å². The lowest BCUT2D eigenvalue weighted by atomic mass is 9.85. The largest absolute Gasteiger partial charge is 0.497 e. The standard InChI is InChI=1S/C14H10F4N2O2/c1-22-9-4-2-8(3-5-9)10-6-11(14(16,17)18)20-12(21)13(10,15)7-19/h2-6,11H,1H3,(H,20,21)/t11-,13?/m1/s1. The second kappa shape index (κ2) is 5.33. The average Bonchev–Trinajstić information content (AvgIpc) is 2.49. The number of hydrogen-bond acceptors (Lipinski definition) is 3. The van der Waals surface area contributed by atoms with Gasteiger partial charge in [0, 0.05) is 5.57 Å². The van der Waals surface area contributed by atoms with Crippen molar-refractivity contribution in [3.8, 4) is 11.8 Å². The van der Waals surface area contributed by atoms with Crippen LogP contribution in [0.15, 0.2) is 30.3 Å². The second-order valence-corrected chi connectivity index (χ2v) is 4.57. The molecule has 0 bridgehead atoms. The molecule has 0 aromatic heterocycles. The van der Waals surface area contributed by atoms with Gasteiger partial charge in [-0.2, -0.15) is 18.4 Å². The van der Waals surface area contributed by atoms with Crippen LogP contribution in [0.5, 0.6) is 5.75 Å². The van der Waals surface area contributed by atoms with Crippen molar-refractivity contribution in [3.63, 3.8) is 0 Å². The third-order valence-corrected chi connectivity index (χ3v) is 3.21. The molecular formula is C14H10F4N2O2. The van der Waals surface area contributed by atoms with Crippen molar-refractivity contribution in [2.75, 3.05) is 7.11 Å². The maximum Gasteiger partial charge on any atom is 0.412 e. The van der Waals surface area contributed by atoms with Gasteiger partial charge in [0.1, 0.15) is 17.9 Å². The molecule has 1 aromatic rings. The number of carbonyl (C=O) groups is 1. The molecule has 1 aromatic carbocycles. The van der Waals surface area contributed by atoms with Crippen LogP contribution in [0.3, 0.4) is 0 Å². The van der Waals surface area contributed by atoms with E-state index in [9.17, 15) is 22.4 Å². The molecule has 0 spiro atoms. The van der Waals surface area contributed by atoms with Gasteiger partial charge in [-0.3, -0.25) is 4.79 Å². The molecule has 0 aliphatic carbocycles. The van der Waals surface area contributed by atoms with Gasteiger partial charge in [0.2, 0.25) is 0 Å². The minimum absolute atomic E-state index is 0.00560. The van der Waals surface area contributed by atoms with E-state index >= 15 is 0 Å². The summed E-state index contributed by atoms with van der Waals surface area (Å²) < 4.78 is 57.8. The van der Waals surface area contributed by atoms with E-state index in [0.29, 0.717) is 11.8 Å². The van der Waals surface area contributed by atoms with E-state index in [2.05, 4.69) is 0 Å². The van der Waals surface area contributed by atoms with E-state index in [-0.39, 0.29) is 5.56 Å². The Morgan fingerprint density at radius 3 is 2.36 bits per heavy atom. The van der Waals surface area contributed by atoms with Crippen LogP contribution in [0.2, 0.25) is 0 Å². The number of halogens is 4. The lowest BCUT2D eigenvalue weighted by molar-refractivity contribution is -0.156. The Morgan fingerprint density at radius 2 is 1.91 bits per heavy atom. The van der Waals surface area contributed by atoms with Gasteiger partial charge < -0.3 is 10.1 Å². The highest BCUT2D eigenvalue weighted by Crippen LogP contribution is 2.37. The van der Waals surface area contributed by atoms with Gasteiger partial charge in [-0.25, -0.2) is 4.39 Å². The normalized spacial score (nSPS) is 25.0. The molecule has 1 heterocycles. The van der Waals surface area contributed by atoms with Gasteiger partial charge in [0.15, 0.2) is 0 Å². The van der Waals surface area contributed by atoms with E-state index in [0.717, 1.165) is 6.07 Å². The van der Waals surface area contributed by atoms with Crippen molar-refractivity contribution in [2.45, 2.75) is 17.9 Å². The zero-order valence-corrected chi connectivity index (χ0v) is 11.2. The molecule has 4 nitrogen and oxygen atoms in total. The Labute approximate surface area is 123 Å². The Hall–Kier alpha value is -2.56. The number of methoxy groups -OCH3 is 1. The molecule has 1 aliphatic heterocycles. The number of amides is 1. The van der Waals surface area contributed by atoms with Crippen LogP contribution in [-0.2, 0) is 4.79 Å². The van der Waals surface area contributed by atoms with E-state index in [1.807, 2.05) is 0 Å². The number of ether oxygens (including phenoxy) is 1. The van der Waals surface area contributed by atoms with E-state index in [4.69, 9.17) is 10.00 Å². The quantitative estimate of drug-likeness (QED) is 0.853. The highest BCUT2D eigenvalue weighted by Gasteiger charge is 2.52. The molecular weight excluding hydrogens is 304 g/mol. The highest BCUT2D eigenvalue weighted by atomic mass is 19.4. The van der Waals surface area contributed by atoms with Gasteiger partial charge in [-0.1, -0.05) is 12.1 Å². The molecule has 8 heteroatoms. The smallest absolute Gasteiger partial charge is 0.412 e. The summed E-state index contributed by atoms with van der Waals surface area (Å²) in [5.74, 6) is -1.23. The number of rotatable bonds is 2. The maximum atomic E-state index is 14.5. The molecule has 0 saturated heterocycles. The van der Waals surface area contributed by atoms with Gasteiger partial charge in [0.25, 0.3) is 11.6 Å². The molecule has 2 atom stereocenters. The molecule has 1 aliphatic rings. The Kier molecular flexibility index (Phi) is 3.83. The van der Waals surface area contributed by atoms with Gasteiger partial charge in [-0.15, -0.1) is 0 Å². The fourth-order valence-corrected chi connectivity index (χ4v) is 2.04. The third kappa shape index (κ3) is 2.62. The second-order valence-electron chi connectivity index (χ2n) is 4.57. The molecule has 22 heavy (non-hydrogen) atoms. The first-order valence-corrected chi connectivity index (χ1v) is 6.07.